The first kappa shape index (κ1) is 12.6. The molecule has 0 atom stereocenters. The highest BCUT2D eigenvalue weighted by Crippen LogP contribution is 2.21. The summed E-state index contributed by atoms with van der Waals surface area (Å²) in [6.45, 7) is 0.302. The second-order valence-electron chi connectivity index (χ2n) is 4.25. The lowest BCUT2D eigenvalue weighted by Gasteiger charge is -1.97. The predicted octanol–water partition coefficient (Wildman–Crippen LogP) is 2.52. The summed E-state index contributed by atoms with van der Waals surface area (Å²) in [5.41, 5.74) is 5.98. The van der Waals surface area contributed by atoms with E-state index in [0.29, 0.717) is 29.5 Å². The van der Waals surface area contributed by atoms with Crippen LogP contribution in [0, 0.1) is 5.82 Å². The fourth-order valence-corrected chi connectivity index (χ4v) is 1.84. The molecule has 3 rings (SSSR count). The smallest absolute Gasteiger partial charge is 0.293 e. The van der Waals surface area contributed by atoms with Gasteiger partial charge in [0.2, 0.25) is 0 Å². The Hall–Kier alpha value is -2.47. The molecule has 0 saturated carbocycles. The van der Waals surface area contributed by atoms with Crippen molar-refractivity contribution in [3.05, 3.63) is 59.4 Å². The molecule has 0 aliphatic rings. The van der Waals surface area contributed by atoms with E-state index in [4.69, 9.17) is 14.7 Å². The van der Waals surface area contributed by atoms with Gasteiger partial charge < -0.3 is 14.7 Å². The van der Waals surface area contributed by atoms with Crippen LogP contribution in [0.1, 0.15) is 17.1 Å². The van der Waals surface area contributed by atoms with Gasteiger partial charge in [0.05, 0.1) is 6.54 Å². The minimum atomic E-state index is -0.290. The van der Waals surface area contributed by atoms with Gasteiger partial charge in [0.15, 0.2) is 11.6 Å². The molecule has 0 amide bonds. The molecule has 0 spiro atoms. The number of hydrogen-bond donors (Lipinski definition) is 1. The van der Waals surface area contributed by atoms with E-state index in [1.807, 2.05) is 0 Å². The number of hydrogen-bond acceptors (Lipinski definition) is 5. The summed E-state index contributed by atoms with van der Waals surface area (Å²) in [4.78, 5) is 4.19. The summed E-state index contributed by atoms with van der Waals surface area (Å²) >= 11 is 0. The summed E-state index contributed by atoms with van der Waals surface area (Å²) in [6.07, 6.45) is 0.265. The maximum atomic E-state index is 13.5. The standard InChI is InChI=1S/C14H12FN3O2/c15-11-4-2-1-3-9(11)7-13-17-14(20-18-13)12-6-5-10(8-16)19-12/h1-6H,7-8,16H2. The van der Waals surface area contributed by atoms with Gasteiger partial charge in [-0.2, -0.15) is 4.98 Å². The third kappa shape index (κ3) is 2.46. The monoisotopic (exact) mass is 273 g/mol. The van der Waals surface area contributed by atoms with Crippen molar-refractivity contribution in [1.82, 2.24) is 10.1 Å². The van der Waals surface area contributed by atoms with Crippen molar-refractivity contribution in [1.29, 1.82) is 0 Å². The Morgan fingerprint density at radius 1 is 1.15 bits per heavy atom. The lowest BCUT2D eigenvalue weighted by Crippen LogP contribution is -1.94. The molecule has 0 aliphatic heterocycles. The van der Waals surface area contributed by atoms with Crippen LogP contribution in [0.5, 0.6) is 0 Å². The average molecular weight is 273 g/mol. The second-order valence-corrected chi connectivity index (χ2v) is 4.25. The number of nitrogens with two attached hydrogens (primary N) is 1. The molecule has 5 nitrogen and oxygen atoms in total. The minimum absolute atomic E-state index is 0.260. The first-order valence-corrected chi connectivity index (χ1v) is 6.11. The van der Waals surface area contributed by atoms with Crippen molar-refractivity contribution in [2.24, 2.45) is 5.73 Å². The molecule has 0 unspecified atom stereocenters. The van der Waals surface area contributed by atoms with Crippen LogP contribution in [-0.2, 0) is 13.0 Å². The third-order valence-corrected chi connectivity index (χ3v) is 2.85. The number of benzene rings is 1. The summed E-state index contributed by atoms with van der Waals surface area (Å²) in [5, 5.41) is 3.82. The maximum absolute atomic E-state index is 13.5. The van der Waals surface area contributed by atoms with E-state index in [-0.39, 0.29) is 18.1 Å². The quantitative estimate of drug-likeness (QED) is 0.790. The molecule has 3 aromatic rings. The van der Waals surface area contributed by atoms with Crippen molar-refractivity contribution < 1.29 is 13.3 Å². The van der Waals surface area contributed by atoms with Crippen molar-refractivity contribution in [2.45, 2.75) is 13.0 Å². The highest BCUT2D eigenvalue weighted by atomic mass is 19.1. The lowest BCUT2D eigenvalue weighted by atomic mass is 10.1. The Balaban J connectivity index is 1.82. The molecular weight excluding hydrogens is 261 g/mol. The topological polar surface area (TPSA) is 78.1 Å². The first-order chi connectivity index (χ1) is 9.76. The van der Waals surface area contributed by atoms with Gasteiger partial charge in [0, 0.05) is 6.42 Å². The van der Waals surface area contributed by atoms with Gasteiger partial charge in [-0.15, -0.1) is 0 Å². The minimum Gasteiger partial charge on any atom is -0.455 e. The summed E-state index contributed by atoms with van der Waals surface area (Å²) in [6, 6.07) is 9.94. The van der Waals surface area contributed by atoms with E-state index in [1.54, 1.807) is 30.3 Å². The van der Waals surface area contributed by atoms with Crippen LogP contribution in [0.15, 0.2) is 45.3 Å². The van der Waals surface area contributed by atoms with Crippen LogP contribution < -0.4 is 5.73 Å². The number of furan rings is 1. The van der Waals surface area contributed by atoms with Crippen molar-refractivity contribution in [3.8, 4) is 11.7 Å². The van der Waals surface area contributed by atoms with Gasteiger partial charge in [0.25, 0.3) is 5.89 Å². The Morgan fingerprint density at radius 2 is 2.00 bits per heavy atom. The molecule has 1 aromatic carbocycles. The summed E-state index contributed by atoms with van der Waals surface area (Å²) in [5.74, 6) is 1.46. The van der Waals surface area contributed by atoms with Crippen molar-refractivity contribution in [3.63, 3.8) is 0 Å². The first-order valence-electron chi connectivity index (χ1n) is 6.11. The van der Waals surface area contributed by atoms with Crippen molar-refractivity contribution in [2.75, 3.05) is 0 Å². The predicted molar refractivity (Wildman–Crippen MR) is 69.1 cm³/mol. The van der Waals surface area contributed by atoms with Crippen LogP contribution in [0.3, 0.4) is 0 Å². The van der Waals surface area contributed by atoms with Crippen LogP contribution in [0.4, 0.5) is 4.39 Å². The molecule has 0 saturated heterocycles. The molecular formula is C14H12FN3O2. The molecule has 2 N–H and O–H groups in total. The Kier molecular flexibility index (Phi) is 3.30. The Morgan fingerprint density at radius 3 is 2.75 bits per heavy atom. The molecule has 2 heterocycles. The molecule has 0 radical (unpaired) electrons. The molecule has 0 fully saturated rings. The molecule has 6 heteroatoms. The van der Waals surface area contributed by atoms with Gasteiger partial charge in [-0.1, -0.05) is 23.4 Å². The summed E-state index contributed by atoms with van der Waals surface area (Å²) < 4.78 is 24.0. The number of aromatic nitrogens is 2. The third-order valence-electron chi connectivity index (χ3n) is 2.85. The zero-order valence-electron chi connectivity index (χ0n) is 10.5. The van der Waals surface area contributed by atoms with E-state index >= 15 is 0 Å². The van der Waals surface area contributed by atoms with Gasteiger partial charge >= 0.3 is 0 Å². The van der Waals surface area contributed by atoms with Crippen LogP contribution in [0.25, 0.3) is 11.7 Å². The SMILES string of the molecule is NCc1ccc(-c2nc(Cc3ccccc3F)no2)o1. The van der Waals surface area contributed by atoms with Gasteiger partial charge in [-0.05, 0) is 23.8 Å². The van der Waals surface area contributed by atoms with Crippen LogP contribution >= 0.6 is 0 Å². The van der Waals surface area contributed by atoms with Gasteiger partial charge in [0.1, 0.15) is 11.6 Å². The highest BCUT2D eigenvalue weighted by Gasteiger charge is 2.14. The van der Waals surface area contributed by atoms with Gasteiger partial charge in [-0.25, -0.2) is 4.39 Å². The largest absolute Gasteiger partial charge is 0.455 e. The van der Waals surface area contributed by atoms with E-state index in [0.717, 1.165) is 0 Å². The average Bonchev–Trinajstić information content (AvgIpc) is 3.10. The normalized spacial score (nSPS) is 10.9. The fourth-order valence-electron chi connectivity index (χ4n) is 1.84. The van der Waals surface area contributed by atoms with Crippen LogP contribution in [0.2, 0.25) is 0 Å². The highest BCUT2D eigenvalue weighted by molar-refractivity contribution is 5.44. The number of halogens is 1. The lowest BCUT2D eigenvalue weighted by molar-refractivity contribution is 0.405. The molecule has 0 aliphatic carbocycles. The van der Waals surface area contributed by atoms with E-state index in [1.165, 1.54) is 6.07 Å². The van der Waals surface area contributed by atoms with E-state index in [2.05, 4.69) is 10.1 Å². The fraction of sp³-hybridized carbons (Fsp3) is 0.143. The summed E-state index contributed by atoms with van der Waals surface area (Å²) in [7, 11) is 0. The maximum Gasteiger partial charge on any atom is 0.293 e. The van der Waals surface area contributed by atoms with Gasteiger partial charge in [-0.3, -0.25) is 0 Å². The zero-order chi connectivity index (χ0) is 13.9. The molecule has 0 bridgehead atoms. The van der Waals surface area contributed by atoms with E-state index < -0.39 is 0 Å². The number of rotatable bonds is 4. The van der Waals surface area contributed by atoms with Crippen molar-refractivity contribution >= 4 is 0 Å². The van der Waals surface area contributed by atoms with E-state index in [9.17, 15) is 4.39 Å². The Labute approximate surface area is 114 Å². The Bertz CT molecular complexity index is 721. The molecule has 102 valence electrons. The number of nitrogens with zero attached hydrogens (tertiary/aromatic N) is 2. The van der Waals surface area contributed by atoms with Crippen LogP contribution in [-0.4, -0.2) is 10.1 Å². The molecule has 20 heavy (non-hydrogen) atoms. The second kappa shape index (κ2) is 5.26. The zero-order valence-corrected chi connectivity index (χ0v) is 10.5. The molecule has 2 aromatic heterocycles.